The summed E-state index contributed by atoms with van der Waals surface area (Å²) in [6.07, 6.45) is 0.198. The molecule has 2 aromatic carbocycles. The summed E-state index contributed by atoms with van der Waals surface area (Å²) in [5, 5.41) is 5.04. The average molecular weight is 416 g/mol. The number of benzene rings is 2. The summed E-state index contributed by atoms with van der Waals surface area (Å²) in [5.74, 6) is -0.161. The molecular formula is C21H21FN2O4S. The van der Waals surface area contributed by atoms with Crippen molar-refractivity contribution in [2.24, 2.45) is 12.2 Å². The normalized spacial score (nSPS) is 11.5. The number of carbonyl (C=O) groups excluding carboxylic acids is 1. The van der Waals surface area contributed by atoms with Gasteiger partial charge in [0.1, 0.15) is 11.6 Å². The summed E-state index contributed by atoms with van der Waals surface area (Å²) >= 11 is 0. The van der Waals surface area contributed by atoms with E-state index in [4.69, 9.17) is 9.88 Å². The van der Waals surface area contributed by atoms with Crippen LogP contribution in [0.25, 0.3) is 0 Å². The SMILES string of the molecule is COc1ccc(C(=O)c2c(C)cc(Cc3ccc(S(N)(=O)=O)cc3F)n2C)cc1. The van der Waals surface area contributed by atoms with E-state index in [-0.39, 0.29) is 17.1 Å². The van der Waals surface area contributed by atoms with Gasteiger partial charge < -0.3 is 9.30 Å². The van der Waals surface area contributed by atoms with Crippen molar-refractivity contribution in [3.8, 4) is 5.75 Å². The minimum Gasteiger partial charge on any atom is -0.497 e. The lowest BCUT2D eigenvalue weighted by Crippen LogP contribution is -2.13. The van der Waals surface area contributed by atoms with E-state index < -0.39 is 15.8 Å². The fraction of sp³-hybridized carbons (Fsp3) is 0.190. The van der Waals surface area contributed by atoms with Crippen LogP contribution in [0.4, 0.5) is 4.39 Å². The molecule has 0 unspecified atom stereocenters. The predicted octanol–water partition coefficient (Wildman–Crippen LogP) is 2.95. The first-order valence-electron chi connectivity index (χ1n) is 8.77. The van der Waals surface area contributed by atoms with Gasteiger partial charge in [0.25, 0.3) is 0 Å². The Morgan fingerprint density at radius 1 is 1.14 bits per heavy atom. The third-order valence-corrected chi connectivity index (χ3v) is 5.73. The van der Waals surface area contributed by atoms with Gasteiger partial charge in [-0.3, -0.25) is 4.79 Å². The summed E-state index contributed by atoms with van der Waals surface area (Å²) < 4.78 is 44.0. The molecule has 0 spiro atoms. The quantitative estimate of drug-likeness (QED) is 0.626. The van der Waals surface area contributed by atoms with E-state index >= 15 is 0 Å². The van der Waals surface area contributed by atoms with E-state index in [2.05, 4.69) is 0 Å². The van der Waals surface area contributed by atoms with Crippen LogP contribution >= 0.6 is 0 Å². The molecular weight excluding hydrogens is 395 g/mol. The Morgan fingerprint density at radius 3 is 2.34 bits per heavy atom. The highest BCUT2D eigenvalue weighted by Crippen LogP contribution is 2.23. The van der Waals surface area contributed by atoms with Gasteiger partial charge in [0, 0.05) is 24.7 Å². The third-order valence-electron chi connectivity index (χ3n) is 4.81. The van der Waals surface area contributed by atoms with Gasteiger partial charge in [0.05, 0.1) is 17.7 Å². The zero-order valence-electron chi connectivity index (χ0n) is 16.3. The van der Waals surface area contributed by atoms with Crippen molar-refractivity contribution in [2.75, 3.05) is 7.11 Å². The molecule has 0 bridgehead atoms. The van der Waals surface area contributed by atoms with E-state index in [0.29, 0.717) is 22.6 Å². The van der Waals surface area contributed by atoms with E-state index in [9.17, 15) is 17.6 Å². The molecule has 1 heterocycles. The standard InChI is InChI=1S/C21H21FN2O4S/c1-13-10-16(11-15-6-9-18(12-19(15)22)29(23,26)27)24(2)20(13)21(25)14-4-7-17(28-3)8-5-14/h4-10,12H,11H2,1-3H3,(H2,23,26,27). The van der Waals surface area contributed by atoms with Crippen LogP contribution in [0.3, 0.4) is 0 Å². The number of nitrogens with zero attached hydrogens (tertiary/aromatic N) is 1. The Hall–Kier alpha value is -2.97. The topological polar surface area (TPSA) is 91.4 Å². The van der Waals surface area contributed by atoms with Crippen LogP contribution in [0.15, 0.2) is 53.4 Å². The minimum absolute atomic E-state index is 0.149. The first-order valence-corrected chi connectivity index (χ1v) is 10.3. The number of rotatable bonds is 6. The molecule has 0 fully saturated rings. The van der Waals surface area contributed by atoms with Crippen LogP contribution < -0.4 is 9.88 Å². The van der Waals surface area contributed by atoms with E-state index in [1.165, 1.54) is 12.1 Å². The van der Waals surface area contributed by atoms with Gasteiger partial charge >= 0.3 is 0 Å². The van der Waals surface area contributed by atoms with Crippen molar-refractivity contribution >= 4 is 15.8 Å². The van der Waals surface area contributed by atoms with Crippen LogP contribution in [0, 0.1) is 12.7 Å². The molecule has 1 aromatic heterocycles. The summed E-state index contributed by atoms with van der Waals surface area (Å²) in [5.41, 5.74) is 2.82. The second-order valence-electron chi connectivity index (χ2n) is 6.76. The molecule has 2 N–H and O–H groups in total. The van der Waals surface area contributed by atoms with Crippen molar-refractivity contribution in [3.05, 3.63) is 82.4 Å². The number of halogens is 1. The number of hydrogen-bond acceptors (Lipinski definition) is 4. The number of primary sulfonamides is 1. The molecule has 0 aliphatic carbocycles. The molecule has 0 aliphatic heterocycles. The Balaban J connectivity index is 1.92. The number of ketones is 1. The molecule has 0 aliphatic rings. The maximum absolute atomic E-state index is 14.4. The minimum atomic E-state index is -3.97. The average Bonchev–Trinajstić information content (AvgIpc) is 2.95. The lowest BCUT2D eigenvalue weighted by atomic mass is 10.1. The number of sulfonamides is 1. The second-order valence-corrected chi connectivity index (χ2v) is 8.32. The monoisotopic (exact) mass is 416 g/mol. The van der Waals surface area contributed by atoms with Gasteiger partial charge in [-0.05, 0) is 60.5 Å². The first kappa shape index (κ1) is 20.8. The highest BCUT2D eigenvalue weighted by Gasteiger charge is 2.20. The number of ether oxygens (including phenoxy) is 1. The molecule has 3 aromatic rings. The summed E-state index contributed by atoms with van der Waals surface area (Å²) in [6.45, 7) is 1.82. The van der Waals surface area contributed by atoms with Crippen LogP contribution in [0.5, 0.6) is 5.75 Å². The largest absolute Gasteiger partial charge is 0.497 e. The van der Waals surface area contributed by atoms with Crippen molar-refractivity contribution in [1.82, 2.24) is 4.57 Å². The zero-order valence-corrected chi connectivity index (χ0v) is 17.1. The van der Waals surface area contributed by atoms with Gasteiger partial charge in [0.15, 0.2) is 0 Å². The number of aryl methyl sites for hydroxylation is 1. The summed E-state index contributed by atoms with van der Waals surface area (Å²) in [7, 11) is -0.671. The van der Waals surface area contributed by atoms with E-state index in [1.807, 2.05) is 13.0 Å². The van der Waals surface area contributed by atoms with Gasteiger partial charge in [-0.1, -0.05) is 6.07 Å². The maximum atomic E-state index is 14.4. The molecule has 0 amide bonds. The van der Waals surface area contributed by atoms with Crippen LogP contribution in [0.2, 0.25) is 0 Å². The van der Waals surface area contributed by atoms with E-state index in [1.54, 1.807) is 43.0 Å². The van der Waals surface area contributed by atoms with E-state index in [0.717, 1.165) is 17.3 Å². The van der Waals surface area contributed by atoms with Crippen LogP contribution in [-0.2, 0) is 23.5 Å². The third kappa shape index (κ3) is 4.23. The highest BCUT2D eigenvalue weighted by atomic mass is 32.2. The van der Waals surface area contributed by atoms with Gasteiger partial charge in [-0.15, -0.1) is 0 Å². The molecule has 152 valence electrons. The lowest BCUT2D eigenvalue weighted by molar-refractivity contribution is 0.103. The molecule has 3 rings (SSSR count). The Kier molecular flexibility index (Phi) is 5.59. The summed E-state index contributed by atoms with van der Waals surface area (Å²) in [6, 6.07) is 12.2. The van der Waals surface area contributed by atoms with Crippen molar-refractivity contribution in [2.45, 2.75) is 18.2 Å². The molecule has 29 heavy (non-hydrogen) atoms. The molecule has 0 saturated carbocycles. The summed E-state index contributed by atoms with van der Waals surface area (Å²) in [4.78, 5) is 12.7. The molecule has 0 atom stereocenters. The fourth-order valence-corrected chi connectivity index (χ4v) is 3.77. The predicted molar refractivity (Wildman–Crippen MR) is 107 cm³/mol. The zero-order chi connectivity index (χ0) is 21.3. The molecule has 0 saturated heterocycles. The van der Waals surface area contributed by atoms with Crippen molar-refractivity contribution in [1.29, 1.82) is 0 Å². The maximum Gasteiger partial charge on any atom is 0.238 e. The first-order chi connectivity index (χ1) is 13.6. The number of nitrogens with two attached hydrogens (primary N) is 1. The number of aromatic nitrogens is 1. The molecule has 6 nitrogen and oxygen atoms in total. The van der Waals surface area contributed by atoms with Crippen molar-refractivity contribution < 1.29 is 22.3 Å². The fourth-order valence-electron chi connectivity index (χ4n) is 3.25. The number of carbonyl (C=O) groups is 1. The highest BCUT2D eigenvalue weighted by molar-refractivity contribution is 7.89. The Morgan fingerprint density at radius 2 is 1.79 bits per heavy atom. The smallest absolute Gasteiger partial charge is 0.238 e. The van der Waals surface area contributed by atoms with Crippen molar-refractivity contribution in [3.63, 3.8) is 0 Å². The Labute approximate surface area is 168 Å². The van der Waals surface area contributed by atoms with Gasteiger partial charge in [-0.2, -0.15) is 0 Å². The van der Waals surface area contributed by atoms with Gasteiger partial charge in [0.2, 0.25) is 15.8 Å². The second kappa shape index (κ2) is 7.81. The van der Waals surface area contributed by atoms with Crippen LogP contribution in [-0.4, -0.2) is 25.9 Å². The van der Waals surface area contributed by atoms with Gasteiger partial charge in [-0.25, -0.2) is 17.9 Å². The molecule has 0 radical (unpaired) electrons. The number of methoxy groups -OCH3 is 1. The lowest BCUT2D eigenvalue weighted by Gasteiger charge is -2.10. The Bertz CT molecular complexity index is 1180. The molecule has 8 heteroatoms. The number of hydrogen-bond donors (Lipinski definition) is 1. The van der Waals surface area contributed by atoms with Crippen LogP contribution in [0.1, 0.15) is 32.9 Å².